The van der Waals surface area contributed by atoms with Crippen LogP contribution in [-0.4, -0.2) is 41.2 Å². The number of methoxy groups -OCH3 is 1. The van der Waals surface area contributed by atoms with E-state index in [2.05, 4.69) is 4.74 Å². The number of carbonyl (C=O) groups is 2. The van der Waals surface area contributed by atoms with Crippen LogP contribution in [0.2, 0.25) is 5.02 Å². The monoisotopic (exact) mass is 359 g/mol. The number of benzene rings is 1. The second-order valence-corrected chi connectivity index (χ2v) is 4.99. The Balaban J connectivity index is 3.07. The molecule has 0 saturated carbocycles. The topological polar surface area (TPSA) is 75.6 Å². The maximum absolute atomic E-state index is 12.9. The third-order valence-corrected chi connectivity index (χ3v) is 3.37. The number of nitrogens with one attached hydrogen (secondary N) is 1. The van der Waals surface area contributed by atoms with Crippen LogP contribution in [0.25, 0.3) is 0 Å². The SMILES string of the molecule is COC(=O)[C@@](O)([C@H](Cl)C(=O)Nc1cccc(Cl)c1)C(F)(F)F. The highest BCUT2D eigenvalue weighted by molar-refractivity contribution is 6.35. The molecular weight excluding hydrogens is 350 g/mol. The third-order valence-electron chi connectivity index (χ3n) is 2.62. The van der Waals surface area contributed by atoms with Crippen LogP contribution >= 0.6 is 23.2 Å². The fourth-order valence-electron chi connectivity index (χ4n) is 1.48. The standard InChI is InChI=1S/C12H10Cl2F3NO4/c1-22-10(20)11(21,12(15,16)17)8(14)9(19)18-7-4-2-3-6(13)5-7/h2-5,8,21H,1H3,(H,18,19)/t8-,11+/m1/s1. The van der Waals surface area contributed by atoms with Gasteiger partial charge in [-0.15, -0.1) is 11.6 Å². The summed E-state index contributed by atoms with van der Waals surface area (Å²) in [6, 6.07) is 5.47. The number of aliphatic hydroxyl groups is 1. The Kier molecular flexibility index (Phi) is 5.66. The molecule has 0 heterocycles. The lowest BCUT2D eigenvalue weighted by atomic mass is 9.98. The van der Waals surface area contributed by atoms with Crippen LogP contribution in [0.4, 0.5) is 18.9 Å². The van der Waals surface area contributed by atoms with Gasteiger partial charge in [0.25, 0.3) is 5.60 Å². The molecule has 1 amide bonds. The van der Waals surface area contributed by atoms with Gasteiger partial charge in [-0.05, 0) is 18.2 Å². The van der Waals surface area contributed by atoms with Gasteiger partial charge in [0.1, 0.15) is 0 Å². The van der Waals surface area contributed by atoms with Gasteiger partial charge < -0.3 is 15.2 Å². The van der Waals surface area contributed by atoms with Crippen molar-refractivity contribution in [3.63, 3.8) is 0 Å². The lowest BCUT2D eigenvalue weighted by Crippen LogP contribution is -2.62. The summed E-state index contributed by atoms with van der Waals surface area (Å²) in [4.78, 5) is 23.0. The molecule has 0 unspecified atom stereocenters. The molecule has 0 saturated heterocycles. The van der Waals surface area contributed by atoms with E-state index in [0.717, 1.165) is 0 Å². The quantitative estimate of drug-likeness (QED) is 0.639. The first-order valence-corrected chi connectivity index (χ1v) is 6.43. The van der Waals surface area contributed by atoms with Crippen molar-refractivity contribution in [2.75, 3.05) is 12.4 Å². The maximum Gasteiger partial charge on any atom is 0.430 e. The van der Waals surface area contributed by atoms with Crippen molar-refractivity contribution >= 4 is 40.8 Å². The summed E-state index contributed by atoms with van der Waals surface area (Å²) >= 11 is 11.0. The van der Waals surface area contributed by atoms with Crippen molar-refractivity contribution in [3.05, 3.63) is 29.3 Å². The Labute approximate surface area is 133 Å². The first-order chi connectivity index (χ1) is 10.0. The molecule has 2 atom stereocenters. The Bertz CT molecular complexity index is 582. The summed E-state index contributed by atoms with van der Waals surface area (Å²) < 4.78 is 42.6. The second-order valence-electron chi connectivity index (χ2n) is 4.12. The van der Waals surface area contributed by atoms with Gasteiger partial charge in [-0.3, -0.25) is 4.79 Å². The van der Waals surface area contributed by atoms with Crippen molar-refractivity contribution in [1.29, 1.82) is 0 Å². The van der Waals surface area contributed by atoms with Gasteiger partial charge in [0.05, 0.1) is 7.11 Å². The summed E-state index contributed by atoms with van der Waals surface area (Å²) in [6.07, 6.45) is -5.52. The fourth-order valence-corrected chi connectivity index (χ4v) is 1.94. The molecule has 0 bridgehead atoms. The van der Waals surface area contributed by atoms with E-state index in [0.29, 0.717) is 7.11 Å². The molecule has 0 aliphatic carbocycles. The number of hydrogen-bond acceptors (Lipinski definition) is 4. The number of alkyl halides is 4. The van der Waals surface area contributed by atoms with Gasteiger partial charge in [-0.1, -0.05) is 17.7 Å². The highest BCUT2D eigenvalue weighted by Gasteiger charge is 2.67. The van der Waals surface area contributed by atoms with E-state index < -0.39 is 29.0 Å². The van der Waals surface area contributed by atoms with Crippen LogP contribution in [0.1, 0.15) is 0 Å². The number of rotatable bonds is 4. The minimum atomic E-state index is -5.52. The molecule has 122 valence electrons. The summed E-state index contributed by atoms with van der Waals surface area (Å²) in [7, 11) is 0.623. The van der Waals surface area contributed by atoms with Crippen LogP contribution in [0.15, 0.2) is 24.3 Å². The largest absolute Gasteiger partial charge is 0.467 e. The molecule has 0 aliphatic heterocycles. The van der Waals surface area contributed by atoms with Gasteiger partial charge in [-0.25, -0.2) is 4.79 Å². The Hall–Kier alpha value is -1.51. The van der Waals surface area contributed by atoms with Crippen LogP contribution in [0.5, 0.6) is 0 Å². The molecule has 0 aliphatic rings. The summed E-state index contributed by atoms with van der Waals surface area (Å²) in [5.74, 6) is -3.55. The second kappa shape index (κ2) is 6.72. The van der Waals surface area contributed by atoms with E-state index in [4.69, 9.17) is 23.2 Å². The number of anilines is 1. The molecule has 1 aromatic carbocycles. The normalized spacial score (nSPS) is 15.6. The molecular formula is C12H10Cl2F3NO4. The van der Waals surface area contributed by atoms with Gasteiger partial charge in [0.2, 0.25) is 5.91 Å². The predicted octanol–water partition coefficient (Wildman–Crippen LogP) is 2.35. The van der Waals surface area contributed by atoms with E-state index in [-0.39, 0.29) is 10.7 Å². The first kappa shape index (κ1) is 18.5. The van der Waals surface area contributed by atoms with E-state index in [9.17, 15) is 27.9 Å². The minimum Gasteiger partial charge on any atom is -0.467 e. The van der Waals surface area contributed by atoms with E-state index in [1.807, 2.05) is 5.32 Å². The zero-order chi connectivity index (χ0) is 17.1. The molecule has 1 aromatic rings. The molecule has 1 rings (SSSR count). The number of hydrogen-bond donors (Lipinski definition) is 2. The van der Waals surface area contributed by atoms with Crippen molar-refractivity contribution in [2.45, 2.75) is 17.2 Å². The smallest absolute Gasteiger partial charge is 0.430 e. The summed E-state index contributed by atoms with van der Waals surface area (Å²) in [5.41, 5.74) is -4.15. The zero-order valence-electron chi connectivity index (χ0n) is 10.9. The van der Waals surface area contributed by atoms with Crippen LogP contribution < -0.4 is 5.32 Å². The average Bonchev–Trinajstić information content (AvgIpc) is 2.43. The number of esters is 1. The maximum atomic E-state index is 12.9. The molecule has 10 heteroatoms. The fraction of sp³-hybridized carbons (Fsp3) is 0.333. The average molecular weight is 360 g/mol. The third kappa shape index (κ3) is 3.63. The van der Waals surface area contributed by atoms with Gasteiger partial charge in [0, 0.05) is 10.7 Å². The van der Waals surface area contributed by atoms with Crippen molar-refractivity contribution in [3.8, 4) is 0 Å². The molecule has 22 heavy (non-hydrogen) atoms. The molecule has 2 N–H and O–H groups in total. The zero-order valence-corrected chi connectivity index (χ0v) is 12.5. The molecule has 0 spiro atoms. The lowest BCUT2D eigenvalue weighted by Gasteiger charge is -2.30. The van der Waals surface area contributed by atoms with Gasteiger partial charge in [0.15, 0.2) is 5.38 Å². The van der Waals surface area contributed by atoms with Crippen molar-refractivity contribution < 1.29 is 32.6 Å². The molecule has 0 radical (unpaired) electrons. The van der Waals surface area contributed by atoms with Crippen LogP contribution in [0.3, 0.4) is 0 Å². The number of ether oxygens (including phenoxy) is 1. The van der Waals surface area contributed by atoms with Gasteiger partial charge >= 0.3 is 12.1 Å². The van der Waals surface area contributed by atoms with Crippen LogP contribution in [-0.2, 0) is 14.3 Å². The molecule has 0 aromatic heterocycles. The number of halogens is 5. The first-order valence-electron chi connectivity index (χ1n) is 5.62. The van der Waals surface area contributed by atoms with E-state index in [1.54, 1.807) is 0 Å². The summed E-state index contributed by atoms with van der Waals surface area (Å²) in [6.45, 7) is 0. The van der Waals surface area contributed by atoms with Crippen molar-refractivity contribution in [1.82, 2.24) is 0 Å². The number of carbonyl (C=O) groups excluding carboxylic acids is 2. The van der Waals surface area contributed by atoms with Gasteiger partial charge in [-0.2, -0.15) is 13.2 Å². The molecule has 0 fully saturated rings. The summed E-state index contributed by atoms with van der Waals surface area (Å²) in [5, 5.41) is 9.13. The molecule has 5 nitrogen and oxygen atoms in total. The Morgan fingerprint density at radius 2 is 1.95 bits per heavy atom. The van der Waals surface area contributed by atoms with Crippen molar-refractivity contribution in [2.24, 2.45) is 0 Å². The van der Waals surface area contributed by atoms with E-state index in [1.165, 1.54) is 24.3 Å². The Morgan fingerprint density at radius 3 is 2.41 bits per heavy atom. The highest BCUT2D eigenvalue weighted by atomic mass is 35.5. The highest BCUT2D eigenvalue weighted by Crippen LogP contribution is 2.37. The predicted molar refractivity (Wildman–Crippen MR) is 72.7 cm³/mol. The minimum absolute atomic E-state index is 0.0394. The lowest BCUT2D eigenvalue weighted by molar-refractivity contribution is -0.260. The van der Waals surface area contributed by atoms with E-state index >= 15 is 0 Å². The number of amides is 1. The Morgan fingerprint density at radius 1 is 1.36 bits per heavy atom. The van der Waals surface area contributed by atoms with Crippen LogP contribution in [0, 0.1) is 0 Å².